The average Bonchev–Trinajstić information content (AvgIpc) is 3.05. The molecule has 2 fully saturated rings. The molecule has 0 saturated carbocycles. The van der Waals surface area contributed by atoms with Crippen molar-refractivity contribution in [1.82, 2.24) is 4.90 Å². The Kier molecular flexibility index (Phi) is 6.35. The number of piperidine rings is 1. The van der Waals surface area contributed by atoms with Crippen LogP contribution in [-0.4, -0.2) is 28.9 Å². The summed E-state index contributed by atoms with van der Waals surface area (Å²) < 4.78 is 86.4. The Bertz CT molecular complexity index is 1020. The molecule has 4 nitrogen and oxygen atoms in total. The topological polar surface area (TPSA) is 46.6 Å². The number of benzene rings is 2. The fraction of sp³-hybridized carbons (Fsp3) is 0.417. The summed E-state index contributed by atoms with van der Waals surface area (Å²) in [6.07, 6.45) is -9.86. The number of Topliss-reactive ketones (excluding diaryl/α,β-unsaturated/α-hetero) is 1. The third-order valence-corrected chi connectivity index (χ3v) is 6.44. The van der Waals surface area contributed by atoms with Gasteiger partial charge in [-0.1, -0.05) is 36.4 Å². The molecule has 0 aliphatic carbocycles. The Morgan fingerprint density at radius 2 is 1.35 bits per heavy atom. The number of alkyl halides is 6. The van der Waals surface area contributed by atoms with E-state index in [1.54, 1.807) is 24.3 Å². The maximum Gasteiger partial charge on any atom is 0.417 e. The maximum atomic E-state index is 13.5. The molecule has 34 heavy (non-hydrogen) atoms. The second-order valence-electron chi connectivity index (χ2n) is 8.59. The van der Waals surface area contributed by atoms with Gasteiger partial charge < -0.3 is 9.64 Å². The molecule has 0 aromatic heterocycles. The molecule has 1 amide bonds. The first-order valence-electron chi connectivity index (χ1n) is 10.8. The van der Waals surface area contributed by atoms with Crippen LogP contribution in [0, 0.1) is 5.92 Å². The Balaban J connectivity index is 1.54. The SMILES string of the molecule is O=C(c1c(C(F)(F)F)cccc1C(F)(F)F)C1CC2CCC(C1)N2C(=O)OCc1ccccc1. The number of carbonyl (C=O) groups excluding carboxylic acids is 2. The van der Waals surface area contributed by atoms with Crippen LogP contribution in [0.1, 0.15) is 52.7 Å². The molecule has 2 aliphatic heterocycles. The summed E-state index contributed by atoms with van der Waals surface area (Å²) >= 11 is 0. The molecule has 182 valence electrons. The average molecular weight is 485 g/mol. The number of halogens is 6. The first-order chi connectivity index (χ1) is 16.0. The van der Waals surface area contributed by atoms with Crippen LogP contribution >= 0.6 is 0 Å². The van der Waals surface area contributed by atoms with E-state index >= 15 is 0 Å². The highest BCUT2D eigenvalue weighted by molar-refractivity contribution is 6.01. The largest absolute Gasteiger partial charge is 0.445 e. The third-order valence-electron chi connectivity index (χ3n) is 6.44. The van der Waals surface area contributed by atoms with E-state index < -0.39 is 58.9 Å². The lowest BCUT2D eigenvalue weighted by atomic mass is 9.82. The zero-order chi connectivity index (χ0) is 24.7. The zero-order valence-electron chi connectivity index (χ0n) is 17.8. The molecule has 2 atom stereocenters. The lowest BCUT2D eigenvalue weighted by molar-refractivity contribution is -0.143. The number of nitrogens with zero attached hydrogens (tertiary/aromatic N) is 1. The van der Waals surface area contributed by atoms with Gasteiger partial charge in [0.25, 0.3) is 0 Å². The van der Waals surface area contributed by atoms with Crippen LogP contribution in [0.15, 0.2) is 48.5 Å². The monoisotopic (exact) mass is 485 g/mol. The Morgan fingerprint density at radius 1 is 0.824 bits per heavy atom. The van der Waals surface area contributed by atoms with E-state index in [4.69, 9.17) is 4.74 Å². The molecule has 0 N–H and O–H groups in total. The van der Waals surface area contributed by atoms with Gasteiger partial charge in [0.05, 0.1) is 11.1 Å². The highest BCUT2D eigenvalue weighted by Crippen LogP contribution is 2.44. The second-order valence-corrected chi connectivity index (χ2v) is 8.59. The minimum Gasteiger partial charge on any atom is -0.445 e. The van der Waals surface area contributed by atoms with Crippen LogP contribution < -0.4 is 0 Å². The molecule has 4 rings (SSSR count). The summed E-state index contributed by atoms with van der Waals surface area (Å²) in [5.41, 5.74) is -3.75. The lowest BCUT2D eigenvalue weighted by Crippen LogP contribution is -2.48. The van der Waals surface area contributed by atoms with Crippen molar-refractivity contribution in [3.8, 4) is 0 Å². The van der Waals surface area contributed by atoms with Crippen LogP contribution in [0.25, 0.3) is 0 Å². The van der Waals surface area contributed by atoms with E-state index in [-0.39, 0.29) is 19.4 Å². The quantitative estimate of drug-likeness (QED) is 0.368. The second kappa shape index (κ2) is 8.96. The smallest absolute Gasteiger partial charge is 0.417 e. The van der Waals surface area contributed by atoms with Crippen LogP contribution in [0.4, 0.5) is 31.1 Å². The number of amides is 1. The number of ketones is 1. The third kappa shape index (κ3) is 4.76. The lowest BCUT2D eigenvalue weighted by Gasteiger charge is -2.38. The minimum atomic E-state index is -5.12. The standard InChI is InChI=1S/C24H21F6NO3/c25-23(26,27)18-7-4-8-19(24(28,29)30)20(18)21(32)15-11-16-9-10-17(12-15)31(16)22(33)34-13-14-5-2-1-3-6-14/h1-8,15-17H,9-13H2. The van der Waals surface area contributed by atoms with Crippen molar-refractivity contribution in [2.75, 3.05) is 0 Å². The van der Waals surface area contributed by atoms with Crippen molar-refractivity contribution < 1.29 is 40.7 Å². The number of hydrogen-bond donors (Lipinski definition) is 0. The maximum absolute atomic E-state index is 13.5. The van der Waals surface area contributed by atoms with Gasteiger partial charge in [-0.15, -0.1) is 0 Å². The Labute approximate surface area is 191 Å². The van der Waals surface area contributed by atoms with Gasteiger partial charge in [-0.2, -0.15) is 26.3 Å². The number of carbonyl (C=O) groups is 2. The molecule has 10 heteroatoms. The Morgan fingerprint density at radius 3 is 1.85 bits per heavy atom. The minimum absolute atomic E-state index is 0.0146. The highest BCUT2D eigenvalue weighted by Gasteiger charge is 2.49. The summed E-state index contributed by atoms with van der Waals surface area (Å²) in [5.74, 6) is -2.24. The molecule has 0 spiro atoms. The van der Waals surface area contributed by atoms with Gasteiger partial charge in [-0.05, 0) is 43.4 Å². The summed E-state index contributed by atoms with van der Waals surface area (Å²) in [6, 6.07) is 9.63. The predicted octanol–water partition coefficient (Wildman–Crippen LogP) is 6.49. The molecule has 2 unspecified atom stereocenters. The molecule has 2 heterocycles. The zero-order valence-corrected chi connectivity index (χ0v) is 17.8. The fourth-order valence-electron chi connectivity index (χ4n) is 4.98. The van der Waals surface area contributed by atoms with E-state index in [2.05, 4.69) is 0 Å². The van der Waals surface area contributed by atoms with Crippen molar-refractivity contribution in [2.45, 2.75) is 56.7 Å². The summed E-state index contributed by atoms with van der Waals surface area (Å²) in [5, 5.41) is 0. The van der Waals surface area contributed by atoms with Gasteiger partial charge >= 0.3 is 18.4 Å². The van der Waals surface area contributed by atoms with Crippen LogP contribution in [-0.2, 0) is 23.7 Å². The van der Waals surface area contributed by atoms with Gasteiger partial charge in [0, 0.05) is 23.6 Å². The van der Waals surface area contributed by atoms with E-state index in [0.717, 1.165) is 5.56 Å². The number of hydrogen-bond acceptors (Lipinski definition) is 3. The first kappa shape index (κ1) is 24.1. The van der Waals surface area contributed by atoms with Gasteiger partial charge in [0.15, 0.2) is 5.78 Å². The van der Waals surface area contributed by atoms with Crippen molar-refractivity contribution in [3.05, 3.63) is 70.8 Å². The number of rotatable bonds is 4. The van der Waals surface area contributed by atoms with E-state index in [0.29, 0.717) is 31.0 Å². The Hall–Kier alpha value is -3.04. The molecule has 2 bridgehead atoms. The van der Waals surface area contributed by atoms with E-state index in [1.165, 1.54) is 4.90 Å². The van der Waals surface area contributed by atoms with E-state index in [1.807, 2.05) is 6.07 Å². The molecular weight excluding hydrogens is 464 g/mol. The van der Waals surface area contributed by atoms with Gasteiger partial charge in [-0.25, -0.2) is 4.79 Å². The summed E-state index contributed by atoms with van der Waals surface area (Å²) in [7, 11) is 0. The fourth-order valence-corrected chi connectivity index (χ4v) is 4.98. The highest BCUT2D eigenvalue weighted by atomic mass is 19.4. The van der Waals surface area contributed by atoms with Crippen LogP contribution in [0.5, 0.6) is 0 Å². The number of ether oxygens (including phenoxy) is 1. The molecule has 2 aromatic rings. The predicted molar refractivity (Wildman–Crippen MR) is 109 cm³/mol. The molecular formula is C24H21F6NO3. The van der Waals surface area contributed by atoms with Crippen molar-refractivity contribution in [2.24, 2.45) is 5.92 Å². The molecule has 0 radical (unpaired) electrons. The van der Waals surface area contributed by atoms with Gasteiger partial charge in [0.2, 0.25) is 0 Å². The number of fused-ring (bicyclic) bond motifs is 2. The van der Waals surface area contributed by atoms with Crippen molar-refractivity contribution in [1.29, 1.82) is 0 Å². The summed E-state index contributed by atoms with van der Waals surface area (Å²) in [6.45, 7) is 0.0336. The van der Waals surface area contributed by atoms with E-state index in [9.17, 15) is 35.9 Å². The van der Waals surface area contributed by atoms with Gasteiger partial charge in [-0.3, -0.25) is 4.79 Å². The van der Waals surface area contributed by atoms with Crippen molar-refractivity contribution in [3.63, 3.8) is 0 Å². The van der Waals surface area contributed by atoms with Gasteiger partial charge in [0.1, 0.15) is 6.61 Å². The normalized spacial score (nSPS) is 22.5. The molecule has 2 aliphatic rings. The molecule has 2 saturated heterocycles. The summed E-state index contributed by atoms with van der Waals surface area (Å²) in [4.78, 5) is 27.3. The van der Waals surface area contributed by atoms with Crippen molar-refractivity contribution >= 4 is 11.9 Å². The molecule has 2 aromatic carbocycles. The van der Waals surface area contributed by atoms with Crippen LogP contribution in [0.2, 0.25) is 0 Å². The first-order valence-corrected chi connectivity index (χ1v) is 10.8. The van der Waals surface area contributed by atoms with Crippen LogP contribution in [0.3, 0.4) is 0 Å².